The van der Waals surface area contributed by atoms with Gasteiger partial charge >= 0.3 is 0 Å². The number of thioether (sulfide) groups is 1. The quantitative estimate of drug-likeness (QED) is 0.850. The lowest BCUT2D eigenvalue weighted by Gasteiger charge is -2.40. The van der Waals surface area contributed by atoms with Gasteiger partial charge in [-0.15, -0.1) is 11.3 Å². The smallest absolute Gasteiger partial charge is 0.242 e. The minimum absolute atomic E-state index is 0.0972. The van der Waals surface area contributed by atoms with Crippen molar-refractivity contribution in [2.45, 2.75) is 18.2 Å². The van der Waals surface area contributed by atoms with E-state index in [0.29, 0.717) is 11.8 Å². The van der Waals surface area contributed by atoms with E-state index in [9.17, 15) is 4.79 Å². The Morgan fingerprint density at radius 1 is 1.39 bits per heavy atom. The highest BCUT2D eigenvalue weighted by Gasteiger charge is 2.32. The molecule has 0 radical (unpaired) electrons. The molecule has 4 nitrogen and oxygen atoms in total. The molecule has 1 aliphatic heterocycles. The SMILES string of the molecule is C[C@H]1SCCN(CC(=O)N(C)c2nccs2)[C@@H]1c1ccccc1. The number of carbonyl (C=O) groups excluding carboxylic acids is 1. The second kappa shape index (κ2) is 7.47. The summed E-state index contributed by atoms with van der Waals surface area (Å²) >= 11 is 3.47. The van der Waals surface area contributed by atoms with Gasteiger partial charge in [0.25, 0.3) is 0 Å². The zero-order valence-corrected chi connectivity index (χ0v) is 15.0. The predicted molar refractivity (Wildman–Crippen MR) is 98.2 cm³/mol. The van der Waals surface area contributed by atoms with Gasteiger partial charge in [0.2, 0.25) is 5.91 Å². The molecule has 0 aliphatic carbocycles. The van der Waals surface area contributed by atoms with Gasteiger partial charge in [0.15, 0.2) is 5.13 Å². The highest BCUT2D eigenvalue weighted by Crippen LogP contribution is 2.35. The minimum atomic E-state index is 0.0972. The number of rotatable bonds is 4. The van der Waals surface area contributed by atoms with Crippen LogP contribution in [0.3, 0.4) is 0 Å². The number of likely N-dealkylation sites (N-methyl/N-ethyl adjacent to an activating group) is 1. The Labute approximate surface area is 145 Å². The summed E-state index contributed by atoms with van der Waals surface area (Å²) in [4.78, 5) is 20.8. The third-order valence-corrected chi connectivity index (χ3v) is 6.21. The number of thiazole rings is 1. The Hall–Kier alpha value is -1.37. The number of anilines is 1. The molecular weight excluding hydrogens is 326 g/mol. The van der Waals surface area contributed by atoms with E-state index in [2.05, 4.69) is 41.1 Å². The molecule has 1 aromatic heterocycles. The molecule has 0 saturated carbocycles. The predicted octanol–water partition coefficient (Wildman–Crippen LogP) is 3.28. The summed E-state index contributed by atoms with van der Waals surface area (Å²) in [7, 11) is 1.81. The van der Waals surface area contributed by atoms with Gasteiger partial charge in [0, 0.05) is 42.2 Å². The highest BCUT2D eigenvalue weighted by molar-refractivity contribution is 8.00. The van der Waals surface area contributed by atoms with Gasteiger partial charge in [-0.1, -0.05) is 37.3 Å². The summed E-state index contributed by atoms with van der Waals surface area (Å²) in [6, 6.07) is 10.8. The fourth-order valence-electron chi connectivity index (χ4n) is 2.96. The monoisotopic (exact) mass is 347 g/mol. The Morgan fingerprint density at radius 2 is 2.17 bits per heavy atom. The van der Waals surface area contributed by atoms with Gasteiger partial charge in [0.05, 0.1) is 6.54 Å². The zero-order chi connectivity index (χ0) is 16.2. The molecule has 0 N–H and O–H groups in total. The Bertz CT molecular complexity index is 633. The molecule has 6 heteroatoms. The lowest BCUT2D eigenvalue weighted by molar-refractivity contribution is -0.120. The summed E-state index contributed by atoms with van der Waals surface area (Å²) < 4.78 is 0. The first kappa shape index (κ1) is 16.5. The van der Waals surface area contributed by atoms with Crippen molar-refractivity contribution in [1.29, 1.82) is 0 Å². The molecule has 1 aliphatic rings. The van der Waals surface area contributed by atoms with Crippen molar-refractivity contribution in [3.05, 3.63) is 47.5 Å². The summed E-state index contributed by atoms with van der Waals surface area (Å²) in [5, 5.41) is 3.13. The van der Waals surface area contributed by atoms with E-state index in [0.717, 1.165) is 17.4 Å². The lowest BCUT2D eigenvalue weighted by Crippen LogP contribution is -2.46. The second-order valence-corrected chi connectivity index (χ2v) is 8.03. The van der Waals surface area contributed by atoms with Crippen LogP contribution in [0.25, 0.3) is 0 Å². The first-order valence-electron chi connectivity index (χ1n) is 7.73. The topological polar surface area (TPSA) is 36.4 Å². The van der Waals surface area contributed by atoms with Crippen LogP contribution in [0.2, 0.25) is 0 Å². The summed E-state index contributed by atoms with van der Waals surface area (Å²) in [6.45, 7) is 3.62. The van der Waals surface area contributed by atoms with Crippen LogP contribution in [-0.2, 0) is 4.79 Å². The molecule has 2 atom stereocenters. The van der Waals surface area contributed by atoms with Crippen LogP contribution in [0.1, 0.15) is 18.5 Å². The summed E-state index contributed by atoms with van der Waals surface area (Å²) in [6.07, 6.45) is 1.73. The van der Waals surface area contributed by atoms with E-state index in [1.54, 1.807) is 18.1 Å². The number of hydrogen-bond donors (Lipinski definition) is 0. The van der Waals surface area contributed by atoms with Crippen molar-refractivity contribution in [3.8, 4) is 0 Å². The Kier molecular flexibility index (Phi) is 5.35. The van der Waals surface area contributed by atoms with Gasteiger partial charge < -0.3 is 0 Å². The fourth-order valence-corrected chi connectivity index (χ4v) is 4.81. The first-order chi connectivity index (χ1) is 11.2. The number of amides is 1. The zero-order valence-electron chi connectivity index (χ0n) is 13.4. The summed E-state index contributed by atoms with van der Waals surface area (Å²) in [5.41, 5.74) is 1.29. The lowest BCUT2D eigenvalue weighted by atomic mass is 10.0. The molecule has 0 unspecified atom stereocenters. The largest absolute Gasteiger partial charge is 0.290 e. The van der Waals surface area contributed by atoms with E-state index < -0.39 is 0 Å². The van der Waals surface area contributed by atoms with Crippen LogP contribution < -0.4 is 4.90 Å². The van der Waals surface area contributed by atoms with Gasteiger partial charge in [-0.2, -0.15) is 11.8 Å². The maximum atomic E-state index is 12.6. The molecule has 3 rings (SSSR count). The normalized spacial score (nSPS) is 22.0. The van der Waals surface area contributed by atoms with Crippen molar-refractivity contribution in [2.24, 2.45) is 0 Å². The van der Waals surface area contributed by atoms with Gasteiger partial charge in [-0.25, -0.2) is 4.98 Å². The van der Waals surface area contributed by atoms with Crippen LogP contribution in [-0.4, -0.2) is 46.9 Å². The van der Waals surface area contributed by atoms with Gasteiger partial charge in [0.1, 0.15) is 0 Å². The molecule has 0 spiro atoms. The van der Waals surface area contributed by atoms with Gasteiger partial charge in [-0.05, 0) is 5.56 Å². The first-order valence-corrected chi connectivity index (χ1v) is 9.66. The molecular formula is C17H21N3OS2. The van der Waals surface area contributed by atoms with E-state index in [1.807, 2.05) is 23.2 Å². The maximum absolute atomic E-state index is 12.6. The van der Waals surface area contributed by atoms with Crippen LogP contribution >= 0.6 is 23.1 Å². The van der Waals surface area contributed by atoms with E-state index in [1.165, 1.54) is 16.9 Å². The van der Waals surface area contributed by atoms with Crippen molar-refractivity contribution in [2.75, 3.05) is 30.8 Å². The molecule has 1 saturated heterocycles. The molecule has 2 aromatic rings. The van der Waals surface area contributed by atoms with Crippen LogP contribution in [0.4, 0.5) is 5.13 Å². The highest BCUT2D eigenvalue weighted by atomic mass is 32.2. The number of hydrogen-bond acceptors (Lipinski definition) is 5. The number of benzene rings is 1. The fraction of sp³-hybridized carbons (Fsp3) is 0.412. The summed E-state index contributed by atoms with van der Waals surface area (Å²) in [5.74, 6) is 1.17. The molecule has 23 heavy (non-hydrogen) atoms. The third kappa shape index (κ3) is 3.76. The van der Waals surface area contributed by atoms with E-state index >= 15 is 0 Å². The van der Waals surface area contributed by atoms with Crippen molar-refractivity contribution in [3.63, 3.8) is 0 Å². The van der Waals surface area contributed by atoms with E-state index in [-0.39, 0.29) is 11.9 Å². The average Bonchev–Trinajstić information content (AvgIpc) is 3.09. The van der Waals surface area contributed by atoms with Crippen LogP contribution in [0.5, 0.6) is 0 Å². The van der Waals surface area contributed by atoms with Crippen LogP contribution in [0, 0.1) is 0 Å². The van der Waals surface area contributed by atoms with Crippen LogP contribution in [0.15, 0.2) is 41.9 Å². The van der Waals surface area contributed by atoms with Crippen molar-refractivity contribution >= 4 is 34.1 Å². The van der Waals surface area contributed by atoms with E-state index in [4.69, 9.17) is 0 Å². The molecule has 0 bridgehead atoms. The van der Waals surface area contributed by atoms with Gasteiger partial charge in [-0.3, -0.25) is 14.6 Å². The number of aromatic nitrogens is 1. The van der Waals surface area contributed by atoms with Crippen molar-refractivity contribution < 1.29 is 4.79 Å². The molecule has 1 amide bonds. The molecule has 122 valence electrons. The standard InChI is InChI=1S/C17H21N3OS2/c1-13-16(14-6-4-3-5-7-14)20(9-11-22-13)12-15(21)19(2)17-18-8-10-23-17/h3-8,10,13,16H,9,11-12H2,1-2H3/t13-,16+/m1/s1. The maximum Gasteiger partial charge on any atom is 0.242 e. The third-order valence-electron chi connectivity index (χ3n) is 4.16. The Morgan fingerprint density at radius 3 is 2.87 bits per heavy atom. The second-order valence-electron chi connectivity index (χ2n) is 5.67. The molecule has 2 heterocycles. The molecule has 1 aromatic carbocycles. The van der Waals surface area contributed by atoms with Crippen molar-refractivity contribution in [1.82, 2.24) is 9.88 Å². The average molecular weight is 348 g/mol. The number of nitrogens with zero attached hydrogens (tertiary/aromatic N) is 3. The Balaban J connectivity index is 1.75. The number of carbonyl (C=O) groups is 1. The molecule has 1 fully saturated rings. The minimum Gasteiger partial charge on any atom is -0.290 e.